The molecule has 2 aromatic carbocycles. The molecule has 2 unspecified atom stereocenters. The molecular weight excluding hydrogens is 771 g/mol. The molecule has 6 heterocycles. The van der Waals surface area contributed by atoms with Gasteiger partial charge >= 0.3 is 0 Å². The molecule has 15 heteroatoms. The molecule has 2 atom stereocenters. The third kappa shape index (κ3) is 9.03. The highest BCUT2D eigenvalue weighted by atomic mass is 16.2. The second-order valence-electron chi connectivity index (χ2n) is 16.4. The highest BCUT2D eigenvalue weighted by molar-refractivity contribution is 6.01. The van der Waals surface area contributed by atoms with Gasteiger partial charge in [0.15, 0.2) is 11.5 Å². The van der Waals surface area contributed by atoms with Gasteiger partial charge < -0.3 is 25.5 Å². The molecule has 9 rings (SSSR count). The standard InChI is InChI=1S/C45H53N11O3.CH4O/c1-3-20-55-44(59)37-28-46-45(51-42(37)56(55)39-16-10-32-9-8-31(4-2)41(32)49-39)48-33-11-13-35(14-12-33)54-25-23-52(24-26-54)29-30-18-21-53(22-19-30)36-7-5-6-34(27-36)47-38-15-17-40(57)50-43(38)58;1-2/h3,5-7,10-14,16,27-28,30-31,38,47H,1,4,8-9,15,17-26,29H2,2H3,(H,46,48,51)(H,50,57,58);2H,1H3. The summed E-state index contributed by atoms with van der Waals surface area (Å²) in [6.45, 7) is 13.6. The second-order valence-corrected chi connectivity index (χ2v) is 16.4. The number of anilines is 5. The van der Waals surface area contributed by atoms with Gasteiger partial charge in [-0.3, -0.25) is 24.6 Å². The summed E-state index contributed by atoms with van der Waals surface area (Å²) in [7, 11) is 1.00. The number of rotatable bonds is 12. The maximum atomic E-state index is 13.5. The number of aliphatic hydroxyl groups excluding tert-OH is 1. The molecule has 3 saturated heterocycles. The van der Waals surface area contributed by atoms with Crippen molar-refractivity contribution in [2.45, 2.75) is 70.4 Å². The number of benzene rings is 2. The van der Waals surface area contributed by atoms with E-state index in [4.69, 9.17) is 15.1 Å². The Morgan fingerprint density at radius 1 is 0.852 bits per heavy atom. The number of allylic oxidation sites excluding steroid dienone is 1. The lowest BCUT2D eigenvalue weighted by Crippen LogP contribution is -2.49. The SMILES string of the molecule is C=CCn1c(=O)c2cnc(Nc3ccc(N4CCN(CC5CCN(c6cccc(NC7CCC(=O)NC7=O)c6)CC5)CC4)cc3)nc2n1-c1ccc2c(n1)C(CC)CC2.CO. The number of aryl methyl sites for hydroxylation is 1. The van der Waals surface area contributed by atoms with Crippen LogP contribution in [0.15, 0.2) is 84.3 Å². The zero-order chi connectivity index (χ0) is 42.5. The van der Waals surface area contributed by atoms with E-state index >= 15 is 0 Å². The summed E-state index contributed by atoms with van der Waals surface area (Å²) in [4.78, 5) is 59.3. The van der Waals surface area contributed by atoms with Crippen LogP contribution in [0.4, 0.5) is 28.7 Å². The molecule has 3 aromatic heterocycles. The molecule has 4 N–H and O–H groups in total. The van der Waals surface area contributed by atoms with Crippen molar-refractivity contribution in [3.05, 3.63) is 101 Å². The predicted molar refractivity (Wildman–Crippen MR) is 240 cm³/mol. The first-order valence-electron chi connectivity index (χ1n) is 21.7. The number of carbonyl (C=O) groups is 2. The van der Waals surface area contributed by atoms with Gasteiger partial charge in [0.05, 0.1) is 6.54 Å². The van der Waals surface area contributed by atoms with E-state index in [-0.39, 0.29) is 23.4 Å². The molecule has 0 bridgehead atoms. The van der Waals surface area contributed by atoms with E-state index in [1.165, 1.54) is 16.9 Å². The van der Waals surface area contributed by atoms with Gasteiger partial charge in [0.25, 0.3) is 5.56 Å². The van der Waals surface area contributed by atoms with Crippen LogP contribution in [-0.2, 0) is 22.6 Å². The Balaban J connectivity index is 0.00000253. The van der Waals surface area contributed by atoms with Crippen LogP contribution < -0.4 is 31.3 Å². The monoisotopic (exact) mass is 827 g/mol. The van der Waals surface area contributed by atoms with Crippen molar-refractivity contribution < 1.29 is 14.7 Å². The smallest absolute Gasteiger partial charge is 0.278 e. The number of piperidine rings is 2. The summed E-state index contributed by atoms with van der Waals surface area (Å²) < 4.78 is 3.45. The number of nitrogens with one attached hydrogen (secondary N) is 3. The fraction of sp³-hybridized carbons (Fsp3) is 0.435. The number of carbonyl (C=O) groups excluding carboxylic acids is 2. The van der Waals surface area contributed by atoms with E-state index < -0.39 is 0 Å². The highest BCUT2D eigenvalue weighted by Crippen LogP contribution is 2.35. The van der Waals surface area contributed by atoms with Crippen molar-refractivity contribution in [2.24, 2.45) is 5.92 Å². The van der Waals surface area contributed by atoms with E-state index in [0.29, 0.717) is 54.0 Å². The van der Waals surface area contributed by atoms with E-state index in [1.807, 2.05) is 22.9 Å². The molecule has 5 aromatic rings. The average molecular weight is 828 g/mol. The number of nitrogens with zero attached hydrogens (tertiary/aromatic N) is 8. The fourth-order valence-electron chi connectivity index (χ4n) is 9.29. The molecule has 15 nitrogen and oxygen atoms in total. The Morgan fingerprint density at radius 2 is 1.62 bits per heavy atom. The summed E-state index contributed by atoms with van der Waals surface area (Å²) in [6, 6.07) is 20.5. The third-order valence-corrected chi connectivity index (χ3v) is 12.6. The van der Waals surface area contributed by atoms with Crippen molar-refractivity contribution in [3.8, 4) is 5.82 Å². The number of piperazine rings is 1. The predicted octanol–water partition coefficient (Wildman–Crippen LogP) is 5.21. The Labute approximate surface area is 356 Å². The van der Waals surface area contributed by atoms with Gasteiger partial charge in [0.2, 0.25) is 17.8 Å². The highest BCUT2D eigenvalue weighted by Gasteiger charge is 2.28. The first kappa shape index (κ1) is 41.7. The van der Waals surface area contributed by atoms with Crippen LogP contribution in [0.25, 0.3) is 16.9 Å². The molecule has 320 valence electrons. The number of amides is 2. The number of aromatic nitrogens is 5. The van der Waals surface area contributed by atoms with Crippen molar-refractivity contribution in [2.75, 3.05) is 73.4 Å². The molecule has 2 amide bonds. The topological polar surface area (TPSA) is 166 Å². The second kappa shape index (κ2) is 18.7. The van der Waals surface area contributed by atoms with Crippen LogP contribution in [0.5, 0.6) is 0 Å². The number of hydrogen-bond acceptors (Lipinski definition) is 12. The number of hydrogen-bond donors (Lipinski definition) is 4. The van der Waals surface area contributed by atoms with Crippen LogP contribution in [0, 0.1) is 5.92 Å². The third-order valence-electron chi connectivity index (χ3n) is 12.6. The first-order valence-corrected chi connectivity index (χ1v) is 21.7. The maximum absolute atomic E-state index is 13.5. The number of aliphatic hydroxyl groups is 1. The molecule has 0 radical (unpaired) electrons. The molecule has 0 spiro atoms. The van der Waals surface area contributed by atoms with Crippen molar-refractivity contribution in [3.63, 3.8) is 0 Å². The minimum Gasteiger partial charge on any atom is -0.400 e. The van der Waals surface area contributed by atoms with Crippen molar-refractivity contribution >= 4 is 51.5 Å². The molecule has 3 fully saturated rings. The van der Waals surface area contributed by atoms with Crippen LogP contribution in [0.1, 0.15) is 62.6 Å². The quantitative estimate of drug-likeness (QED) is 0.0961. The van der Waals surface area contributed by atoms with E-state index in [2.05, 4.69) is 91.6 Å². The van der Waals surface area contributed by atoms with Crippen molar-refractivity contribution in [1.82, 2.24) is 34.5 Å². The Morgan fingerprint density at radius 3 is 2.36 bits per heavy atom. The van der Waals surface area contributed by atoms with Gasteiger partial charge in [-0.1, -0.05) is 25.1 Å². The average Bonchev–Trinajstić information content (AvgIpc) is 3.83. The minimum atomic E-state index is -0.383. The molecule has 3 aliphatic heterocycles. The normalized spacial score (nSPS) is 19.6. The summed E-state index contributed by atoms with van der Waals surface area (Å²) in [6.07, 6.45) is 9.68. The van der Waals surface area contributed by atoms with Gasteiger partial charge in [-0.15, -0.1) is 6.58 Å². The number of fused-ring (bicyclic) bond motifs is 2. The maximum Gasteiger partial charge on any atom is 0.278 e. The Kier molecular flexibility index (Phi) is 12.8. The van der Waals surface area contributed by atoms with Crippen LogP contribution >= 0.6 is 0 Å². The van der Waals surface area contributed by atoms with Gasteiger partial charge in [0.1, 0.15) is 11.4 Å². The van der Waals surface area contributed by atoms with Crippen molar-refractivity contribution in [1.29, 1.82) is 0 Å². The lowest BCUT2D eigenvalue weighted by atomic mass is 9.95. The van der Waals surface area contributed by atoms with E-state index in [9.17, 15) is 14.4 Å². The molecular formula is C46H57N11O4. The van der Waals surface area contributed by atoms with Crippen LogP contribution in [0.2, 0.25) is 0 Å². The van der Waals surface area contributed by atoms with E-state index in [1.54, 1.807) is 17.0 Å². The van der Waals surface area contributed by atoms with Gasteiger partial charge in [-0.2, -0.15) is 4.98 Å². The zero-order valence-corrected chi connectivity index (χ0v) is 35.2. The number of pyridine rings is 1. The van der Waals surface area contributed by atoms with Gasteiger partial charge in [0, 0.05) is 99.9 Å². The molecule has 1 aliphatic carbocycles. The minimum absolute atomic E-state index is 0.170. The largest absolute Gasteiger partial charge is 0.400 e. The molecule has 4 aliphatic rings. The molecule has 61 heavy (non-hydrogen) atoms. The summed E-state index contributed by atoms with van der Waals surface area (Å²) in [5.74, 6) is 1.74. The summed E-state index contributed by atoms with van der Waals surface area (Å²) >= 11 is 0. The lowest BCUT2D eigenvalue weighted by Gasteiger charge is -2.40. The van der Waals surface area contributed by atoms with Crippen LogP contribution in [-0.4, -0.2) is 105 Å². The first-order chi connectivity index (χ1) is 29.8. The summed E-state index contributed by atoms with van der Waals surface area (Å²) in [5.41, 5.74) is 6.89. The van der Waals surface area contributed by atoms with Gasteiger partial charge in [-0.05, 0) is 98.5 Å². The zero-order valence-electron chi connectivity index (χ0n) is 35.2. The number of imide groups is 1. The summed E-state index contributed by atoms with van der Waals surface area (Å²) in [5, 5.41) is 16.6. The fourth-order valence-corrected chi connectivity index (χ4v) is 9.29. The van der Waals surface area contributed by atoms with Gasteiger partial charge in [-0.25, -0.2) is 19.3 Å². The van der Waals surface area contributed by atoms with E-state index in [0.717, 1.165) is 102 Å². The lowest BCUT2D eigenvalue weighted by molar-refractivity contribution is -0.133. The van der Waals surface area contributed by atoms with Crippen LogP contribution in [0.3, 0.4) is 0 Å². The Bertz CT molecular complexity index is 2410. The molecule has 0 saturated carbocycles. The Hall–Kier alpha value is -6.06.